The number of anilines is 1. The lowest BCUT2D eigenvalue weighted by Gasteiger charge is -2.08. The van der Waals surface area contributed by atoms with Crippen LogP contribution in [0.4, 0.5) is 11.5 Å². The molecule has 0 aliphatic rings. The first-order valence-corrected chi connectivity index (χ1v) is 5.90. The van der Waals surface area contributed by atoms with Crippen LogP contribution in [0.15, 0.2) is 30.3 Å². The van der Waals surface area contributed by atoms with E-state index in [1.165, 1.54) is 18.2 Å². The van der Waals surface area contributed by atoms with Crippen molar-refractivity contribution < 1.29 is 9.66 Å². The van der Waals surface area contributed by atoms with Gasteiger partial charge in [0, 0.05) is 18.6 Å². The lowest BCUT2D eigenvalue weighted by molar-refractivity contribution is -0.385. The van der Waals surface area contributed by atoms with Crippen LogP contribution in [-0.2, 0) is 6.42 Å². The molecule has 0 radical (unpaired) electrons. The van der Waals surface area contributed by atoms with Crippen molar-refractivity contribution in [2.75, 3.05) is 5.43 Å². The molecule has 0 saturated carbocycles. The molecule has 1 aromatic heterocycles. The normalized spacial score (nSPS) is 10.1. The third kappa shape index (κ3) is 2.98. The monoisotopic (exact) mass is 275 g/mol. The van der Waals surface area contributed by atoms with Crippen LogP contribution in [0.3, 0.4) is 0 Å². The highest BCUT2D eigenvalue weighted by atomic mass is 16.6. The lowest BCUT2D eigenvalue weighted by atomic mass is 10.3. The van der Waals surface area contributed by atoms with Gasteiger partial charge in [-0.15, -0.1) is 0 Å². The van der Waals surface area contributed by atoms with Crippen molar-refractivity contribution in [2.45, 2.75) is 13.3 Å². The van der Waals surface area contributed by atoms with Gasteiger partial charge in [0.15, 0.2) is 0 Å². The predicted octanol–water partition coefficient (Wildman–Crippen LogP) is 2.03. The van der Waals surface area contributed by atoms with Gasteiger partial charge < -0.3 is 10.2 Å². The molecule has 0 amide bonds. The Bertz CT molecular complexity index is 610. The number of benzene rings is 1. The Kier molecular flexibility index (Phi) is 4.06. The molecule has 0 spiro atoms. The first kappa shape index (κ1) is 13.7. The van der Waals surface area contributed by atoms with Crippen molar-refractivity contribution in [3.63, 3.8) is 0 Å². The second-order valence-corrected chi connectivity index (χ2v) is 3.83. The van der Waals surface area contributed by atoms with Crippen molar-refractivity contribution >= 4 is 11.5 Å². The molecule has 0 atom stereocenters. The summed E-state index contributed by atoms with van der Waals surface area (Å²) in [5, 5.41) is 10.9. The number of nitrogens with two attached hydrogens (primary N) is 1. The molecule has 20 heavy (non-hydrogen) atoms. The zero-order valence-electron chi connectivity index (χ0n) is 10.7. The van der Waals surface area contributed by atoms with Crippen molar-refractivity contribution in [3.8, 4) is 11.6 Å². The third-order valence-electron chi connectivity index (χ3n) is 2.49. The smallest absolute Gasteiger partial charge is 0.311 e. The number of hydrogen-bond donors (Lipinski definition) is 2. The summed E-state index contributed by atoms with van der Waals surface area (Å²) < 4.78 is 5.47. The number of nitro groups is 1. The van der Waals surface area contributed by atoms with E-state index in [9.17, 15) is 10.1 Å². The Balaban J connectivity index is 2.37. The number of aryl methyl sites for hydroxylation is 1. The second-order valence-electron chi connectivity index (χ2n) is 3.83. The van der Waals surface area contributed by atoms with Gasteiger partial charge >= 0.3 is 5.69 Å². The molecule has 0 fully saturated rings. The summed E-state index contributed by atoms with van der Waals surface area (Å²) in [5.41, 5.74) is 2.27. The van der Waals surface area contributed by atoms with Crippen molar-refractivity contribution in [2.24, 2.45) is 5.84 Å². The summed E-state index contributed by atoms with van der Waals surface area (Å²) in [6.45, 7) is 1.88. The fraction of sp³-hybridized carbons (Fsp3) is 0.167. The Morgan fingerprint density at radius 1 is 1.40 bits per heavy atom. The quantitative estimate of drug-likeness (QED) is 0.487. The van der Waals surface area contributed by atoms with Gasteiger partial charge in [0.1, 0.15) is 11.6 Å². The lowest BCUT2D eigenvalue weighted by Crippen LogP contribution is -2.10. The summed E-state index contributed by atoms with van der Waals surface area (Å²) >= 11 is 0. The van der Waals surface area contributed by atoms with E-state index in [1.807, 2.05) is 6.92 Å². The van der Waals surface area contributed by atoms with Crippen molar-refractivity contribution in [1.29, 1.82) is 0 Å². The maximum atomic E-state index is 10.9. The Morgan fingerprint density at radius 2 is 2.15 bits per heavy atom. The fourth-order valence-corrected chi connectivity index (χ4v) is 1.56. The average molecular weight is 275 g/mol. The summed E-state index contributed by atoms with van der Waals surface area (Å²) in [4.78, 5) is 18.7. The van der Waals surface area contributed by atoms with Crippen LogP contribution in [0.25, 0.3) is 0 Å². The minimum Gasteiger partial charge on any atom is -0.432 e. The van der Waals surface area contributed by atoms with E-state index >= 15 is 0 Å². The number of rotatable bonds is 5. The van der Waals surface area contributed by atoms with Crippen LogP contribution in [-0.4, -0.2) is 14.9 Å². The molecule has 0 bridgehead atoms. The molecule has 2 rings (SSSR count). The van der Waals surface area contributed by atoms with Gasteiger partial charge in [0.05, 0.1) is 4.92 Å². The topological polar surface area (TPSA) is 116 Å². The molecule has 3 N–H and O–H groups in total. The largest absolute Gasteiger partial charge is 0.432 e. The molecular formula is C12H13N5O3. The van der Waals surface area contributed by atoms with E-state index in [0.29, 0.717) is 18.1 Å². The number of nitro benzene ring substituents is 1. The molecule has 0 aliphatic carbocycles. The van der Waals surface area contributed by atoms with E-state index in [4.69, 9.17) is 10.6 Å². The number of hydrazine groups is 1. The van der Waals surface area contributed by atoms with E-state index in [0.717, 1.165) is 0 Å². The van der Waals surface area contributed by atoms with Crippen LogP contribution >= 0.6 is 0 Å². The molecule has 1 heterocycles. The average Bonchev–Trinajstić information content (AvgIpc) is 2.47. The number of aromatic nitrogens is 2. The zero-order valence-corrected chi connectivity index (χ0v) is 10.7. The van der Waals surface area contributed by atoms with Gasteiger partial charge in [-0.3, -0.25) is 10.1 Å². The molecule has 2 aromatic rings. The van der Waals surface area contributed by atoms with Crippen molar-refractivity contribution in [1.82, 2.24) is 9.97 Å². The van der Waals surface area contributed by atoms with Gasteiger partial charge in [0.2, 0.25) is 11.6 Å². The highest BCUT2D eigenvalue weighted by molar-refractivity contribution is 5.48. The van der Waals surface area contributed by atoms with Crippen LogP contribution < -0.4 is 16.0 Å². The standard InChI is InChI=1S/C12H13N5O3/c1-2-10-14-11(16-13)7-12(15-10)20-9-6-4-3-5-8(9)17(18)19/h3-7H,2,13H2,1H3,(H,14,15,16). The summed E-state index contributed by atoms with van der Waals surface area (Å²) in [5.74, 6) is 6.52. The van der Waals surface area contributed by atoms with Crippen LogP contribution in [0.1, 0.15) is 12.7 Å². The van der Waals surface area contributed by atoms with Crippen molar-refractivity contribution in [3.05, 3.63) is 46.3 Å². The predicted molar refractivity (Wildman–Crippen MR) is 72.4 cm³/mol. The molecule has 0 saturated heterocycles. The summed E-state index contributed by atoms with van der Waals surface area (Å²) in [7, 11) is 0. The number of ether oxygens (including phenoxy) is 1. The van der Waals surface area contributed by atoms with Gasteiger partial charge in [-0.25, -0.2) is 10.8 Å². The number of nitrogen functional groups attached to an aromatic ring is 1. The first-order chi connectivity index (χ1) is 9.63. The summed E-state index contributed by atoms with van der Waals surface area (Å²) in [6, 6.07) is 7.54. The van der Waals surface area contributed by atoms with Crippen LogP contribution in [0.5, 0.6) is 11.6 Å². The second kappa shape index (κ2) is 5.93. The molecule has 0 unspecified atom stereocenters. The third-order valence-corrected chi connectivity index (χ3v) is 2.49. The Morgan fingerprint density at radius 3 is 2.80 bits per heavy atom. The van der Waals surface area contributed by atoms with Gasteiger partial charge in [0.25, 0.3) is 0 Å². The van der Waals surface area contributed by atoms with E-state index < -0.39 is 4.92 Å². The fourth-order valence-electron chi connectivity index (χ4n) is 1.56. The van der Waals surface area contributed by atoms with Gasteiger partial charge in [-0.2, -0.15) is 4.98 Å². The molecule has 1 aromatic carbocycles. The number of hydrogen-bond acceptors (Lipinski definition) is 7. The minimum absolute atomic E-state index is 0.112. The molecule has 8 heteroatoms. The SMILES string of the molecule is CCc1nc(NN)cc(Oc2ccccc2[N+](=O)[O-])n1. The van der Waals surface area contributed by atoms with E-state index in [1.54, 1.807) is 12.1 Å². The van der Waals surface area contributed by atoms with Gasteiger partial charge in [-0.1, -0.05) is 19.1 Å². The molecular weight excluding hydrogens is 262 g/mol. The maximum Gasteiger partial charge on any atom is 0.311 e. The summed E-state index contributed by atoms with van der Waals surface area (Å²) in [6.07, 6.45) is 0.586. The molecule has 0 aliphatic heterocycles. The van der Waals surface area contributed by atoms with Crippen LogP contribution in [0.2, 0.25) is 0 Å². The Labute approximate surface area is 114 Å². The minimum atomic E-state index is -0.515. The highest BCUT2D eigenvalue weighted by Crippen LogP contribution is 2.30. The number of para-hydroxylation sites is 2. The van der Waals surface area contributed by atoms with E-state index in [-0.39, 0.29) is 17.3 Å². The maximum absolute atomic E-state index is 10.9. The highest BCUT2D eigenvalue weighted by Gasteiger charge is 2.15. The molecule has 8 nitrogen and oxygen atoms in total. The van der Waals surface area contributed by atoms with Crippen LogP contribution in [0, 0.1) is 10.1 Å². The van der Waals surface area contributed by atoms with Gasteiger partial charge in [-0.05, 0) is 6.07 Å². The first-order valence-electron chi connectivity index (χ1n) is 5.90. The number of nitrogens with zero attached hydrogens (tertiary/aromatic N) is 3. The molecule has 104 valence electrons. The zero-order chi connectivity index (χ0) is 14.5. The van der Waals surface area contributed by atoms with E-state index in [2.05, 4.69) is 15.4 Å². The Hall–Kier alpha value is -2.74. The number of nitrogens with one attached hydrogen (secondary N) is 1.